The third kappa shape index (κ3) is 2.64. The maximum absolute atomic E-state index is 11.5. The predicted molar refractivity (Wildman–Crippen MR) is 58.6 cm³/mol. The Morgan fingerprint density at radius 3 is 2.71 bits per heavy atom. The van der Waals surface area contributed by atoms with Crippen molar-refractivity contribution in [1.82, 2.24) is 25.1 Å². The molecule has 0 aliphatic carbocycles. The van der Waals surface area contributed by atoms with E-state index in [1.807, 2.05) is 0 Å². The van der Waals surface area contributed by atoms with Gasteiger partial charge < -0.3 is 10.4 Å². The molecule has 0 aromatic carbocycles. The van der Waals surface area contributed by atoms with Gasteiger partial charge in [-0.05, 0) is 12.1 Å². The highest BCUT2D eigenvalue weighted by Crippen LogP contribution is 2.04. The van der Waals surface area contributed by atoms with Crippen LogP contribution in [-0.4, -0.2) is 43.9 Å². The van der Waals surface area contributed by atoms with Crippen LogP contribution in [0.5, 0.6) is 0 Å². The lowest BCUT2D eigenvalue weighted by Gasteiger charge is -2.04. The lowest BCUT2D eigenvalue weighted by atomic mass is 10.2. The standard InChI is InChI=1S/C10H11N5O2/c16-4-3-11-10(17)8-1-2-9(12-5-8)15-6-13-14-7-15/h1-2,5-7,16H,3-4H2,(H,11,17). The molecule has 0 bridgehead atoms. The van der Waals surface area contributed by atoms with Gasteiger partial charge in [-0.15, -0.1) is 10.2 Å². The number of nitrogens with one attached hydrogen (secondary N) is 1. The average molecular weight is 233 g/mol. The number of aliphatic hydroxyl groups excluding tert-OH is 1. The maximum Gasteiger partial charge on any atom is 0.252 e. The Bertz CT molecular complexity index is 480. The molecule has 7 nitrogen and oxygen atoms in total. The van der Waals surface area contributed by atoms with E-state index in [2.05, 4.69) is 20.5 Å². The van der Waals surface area contributed by atoms with Crippen molar-refractivity contribution >= 4 is 5.91 Å². The summed E-state index contributed by atoms with van der Waals surface area (Å²) in [6.07, 6.45) is 4.50. The zero-order valence-corrected chi connectivity index (χ0v) is 8.95. The molecule has 0 unspecified atom stereocenters. The van der Waals surface area contributed by atoms with Gasteiger partial charge >= 0.3 is 0 Å². The van der Waals surface area contributed by atoms with Crippen LogP contribution in [0.3, 0.4) is 0 Å². The first-order valence-corrected chi connectivity index (χ1v) is 5.01. The summed E-state index contributed by atoms with van der Waals surface area (Å²) in [5.41, 5.74) is 0.440. The van der Waals surface area contributed by atoms with Crippen molar-refractivity contribution in [2.45, 2.75) is 0 Å². The first-order valence-electron chi connectivity index (χ1n) is 5.01. The van der Waals surface area contributed by atoms with Gasteiger partial charge in [-0.2, -0.15) is 0 Å². The number of carbonyl (C=O) groups excluding carboxylic acids is 1. The Kier molecular flexibility index (Phi) is 3.41. The first-order chi connectivity index (χ1) is 8.31. The van der Waals surface area contributed by atoms with E-state index in [9.17, 15) is 4.79 Å². The second-order valence-electron chi connectivity index (χ2n) is 3.25. The number of pyridine rings is 1. The van der Waals surface area contributed by atoms with Gasteiger partial charge in [-0.25, -0.2) is 4.98 Å². The largest absolute Gasteiger partial charge is 0.395 e. The molecule has 88 valence electrons. The number of hydrogen-bond acceptors (Lipinski definition) is 5. The molecule has 2 aromatic heterocycles. The highest BCUT2D eigenvalue weighted by Gasteiger charge is 2.05. The van der Waals surface area contributed by atoms with E-state index in [1.54, 1.807) is 16.7 Å². The fourth-order valence-corrected chi connectivity index (χ4v) is 1.26. The molecule has 0 aliphatic heterocycles. The number of amides is 1. The summed E-state index contributed by atoms with van der Waals surface area (Å²) in [6, 6.07) is 3.34. The monoisotopic (exact) mass is 233 g/mol. The molecule has 0 atom stereocenters. The summed E-state index contributed by atoms with van der Waals surface area (Å²) < 4.78 is 1.63. The summed E-state index contributed by atoms with van der Waals surface area (Å²) in [5.74, 6) is 0.371. The quantitative estimate of drug-likeness (QED) is 0.734. The fourth-order valence-electron chi connectivity index (χ4n) is 1.26. The van der Waals surface area contributed by atoms with E-state index in [4.69, 9.17) is 5.11 Å². The highest BCUT2D eigenvalue weighted by atomic mass is 16.3. The molecule has 17 heavy (non-hydrogen) atoms. The van der Waals surface area contributed by atoms with Gasteiger partial charge in [-0.3, -0.25) is 9.36 Å². The smallest absolute Gasteiger partial charge is 0.252 e. The fraction of sp³-hybridized carbons (Fsp3) is 0.200. The molecule has 2 heterocycles. The first kappa shape index (κ1) is 11.2. The molecular weight excluding hydrogens is 222 g/mol. The minimum absolute atomic E-state index is 0.0854. The Hall–Kier alpha value is -2.28. The topological polar surface area (TPSA) is 92.9 Å². The van der Waals surface area contributed by atoms with Crippen LogP contribution in [0.1, 0.15) is 10.4 Å². The number of aromatic nitrogens is 4. The molecule has 2 rings (SSSR count). The summed E-state index contributed by atoms with van der Waals surface area (Å²) in [5, 5.41) is 18.5. The summed E-state index contributed by atoms with van der Waals surface area (Å²) >= 11 is 0. The van der Waals surface area contributed by atoms with Gasteiger partial charge in [0.1, 0.15) is 18.5 Å². The normalized spacial score (nSPS) is 10.2. The van der Waals surface area contributed by atoms with Crippen molar-refractivity contribution in [2.75, 3.05) is 13.2 Å². The van der Waals surface area contributed by atoms with E-state index in [0.29, 0.717) is 11.4 Å². The van der Waals surface area contributed by atoms with Crippen molar-refractivity contribution in [3.8, 4) is 5.82 Å². The Morgan fingerprint density at radius 1 is 1.35 bits per heavy atom. The van der Waals surface area contributed by atoms with Gasteiger partial charge in [-0.1, -0.05) is 0 Å². The second-order valence-corrected chi connectivity index (χ2v) is 3.25. The zero-order valence-electron chi connectivity index (χ0n) is 8.95. The van der Waals surface area contributed by atoms with Crippen LogP contribution in [0.15, 0.2) is 31.0 Å². The predicted octanol–water partition coefficient (Wildman–Crippen LogP) is -0.616. The lowest BCUT2D eigenvalue weighted by Crippen LogP contribution is -2.26. The zero-order chi connectivity index (χ0) is 12.1. The molecule has 0 saturated carbocycles. The number of carbonyl (C=O) groups is 1. The van der Waals surface area contributed by atoms with Crippen LogP contribution in [0.4, 0.5) is 0 Å². The molecule has 7 heteroatoms. The minimum atomic E-state index is -0.262. The molecule has 2 aromatic rings. The second kappa shape index (κ2) is 5.17. The van der Waals surface area contributed by atoms with Crippen molar-refractivity contribution < 1.29 is 9.90 Å². The van der Waals surface area contributed by atoms with Crippen molar-refractivity contribution in [1.29, 1.82) is 0 Å². The van der Waals surface area contributed by atoms with Crippen LogP contribution >= 0.6 is 0 Å². The number of hydrogen-bond donors (Lipinski definition) is 2. The van der Waals surface area contributed by atoms with Crippen LogP contribution in [-0.2, 0) is 0 Å². The van der Waals surface area contributed by atoms with Gasteiger partial charge in [0.25, 0.3) is 5.91 Å². The SMILES string of the molecule is O=C(NCCO)c1ccc(-n2cnnc2)nc1. The van der Waals surface area contributed by atoms with E-state index in [1.165, 1.54) is 18.9 Å². The lowest BCUT2D eigenvalue weighted by molar-refractivity contribution is 0.0944. The maximum atomic E-state index is 11.5. The molecule has 1 amide bonds. The van der Waals surface area contributed by atoms with Crippen molar-refractivity contribution in [3.05, 3.63) is 36.5 Å². The average Bonchev–Trinajstić information content (AvgIpc) is 2.90. The van der Waals surface area contributed by atoms with Gasteiger partial charge in [0.15, 0.2) is 0 Å². The number of rotatable bonds is 4. The summed E-state index contributed by atoms with van der Waals surface area (Å²) in [7, 11) is 0. The summed E-state index contributed by atoms with van der Waals surface area (Å²) in [6.45, 7) is 0.143. The third-order valence-electron chi connectivity index (χ3n) is 2.09. The van der Waals surface area contributed by atoms with E-state index < -0.39 is 0 Å². The van der Waals surface area contributed by atoms with Gasteiger partial charge in [0.2, 0.25) is 0 Å². The van der Waals surface area contributed by atoms with Crippen molar-refractivity contribution in [3.63, 3.8) is 0 Å². The van der Waals surface area contributed by atoms with Crippen LogP contribution in [0, 0.1) is 0 Å². The molecule has 0 radical (unpaired) electrons. The Labute approximate surface area is 97.1 Å². The number of nitrogens with zero attached hydrogens (tertiary/aromatic N) is 4. The minimum Gasteiger partial charge on any atom is -0.395 e. The van der Waals surface area contributed by atoms with Gasteiger partial charge in [0, 0.05) is 12.7 Å². The highest BCUT2D eigenvalue weighted by molar-refractivity contribution is 5.93. The van der Waals surface area contributed by atoms with Gasteiger partial charge in [0.05, 0.1) is 12.2 Å². The Morgan fingerprint density at radius 2 is 2.12 bits per heavy atom. The Balaban J connectivity index is 2.10. The van der Waals surface area contributed by atoms with E-state index >= 15 is 0 Å². The van der Waals surface area contributed by atoms with Crippen LogP contribution in [0.2, 0.25) is 0 Å². The molecule has 0 saturated heterocycles. The van der Waals surface area contributed by atoms with E-state index in [0.717, 1.165) is 0 Å². The molecule has 0 aliphatic rings. The molecule has 0 spiro atoms. The molecule has 0 fully saturated rings. The van der Waals surface area contributed by atoms with Crippen LogP contribution < -0.4 is 5.32 Å². The van der Waals surface area contributed by atoms with Crippen molar-refractivity contribution in [2.24, 2.45) is 0 Å². The van der Waals surface area contributed by atoms with Crippen LogP contribution in [0.25, 0.3) is 5.82 Å². The third-order valence-corrected chi connectivity index (χ3v) is 2.09. The van der Waals surface area contributed by atoms with E-state index in [-0.39, 0.29) is 19.1 Å². The summed E-state index contributed by atoms with van der Waals surface area (Å²) in [4.78, 5) is 15.6. The number of aliphatic hydroxyl groups is 1. The molecular formula is C10H11N5O2. The molecule has 2 N–H and O–H groups in total.